The molecule has 1 aliphatic heterocycles. The van der Waals surface area contributed by atoms with Gasteiger partial charge in [0.2, 0.25) is 5.91 Å². The van der Waals surface area contributed by atoms with Crippen LogP contribution in [0.2, 0.25) is 0 Å². The Bertz CT molecular complexity index is 877. The van der Waals surface area contributed by atoms with E-state index in [4.69, 9.17) is 0 Å². The molecule has 4 rings (SSSR count). The molecule has 1 fully saturated rings. The molecule has 0 spiro atoms. The predicted octanol–water partition coefficient (Wildman–Crippen LogP) is 3.08. The Morgan fingerprint density at radius 1 is 1.23 bits per heavy atom. The highest BCUT2D eigenvalue weighted by Crippen LogP contribution is 2.19. The second-order valence-electron chi connectivity index (χ2n) is 6.43. The Morgan fingerprint density at radius 2 is 2.04 bits per heavy atom. The lowest BCUT2D eigenvalue weighted by Crippen LogP contribution is -2.29. The highest BCUT2D eigenvalue weighted by Gasteiger charge is 2.10. The van der Waals surface area contributed by atoms with Crippen LogP contribution in [0.25, 0.3) is 4.96 Å². The van der Waals surface area contributed by atoms with Crippen molar-refractivity contribution in [3.63, 3.8) is 0 Å². The minimum atomic E-state index is -0.170. The number of carbonyl (C=O) groups is 1. The third-order valence-corrected chi connectivity index (χ3v) is 5.27. The molecule has 3 heterocycles. The van der Waals surface area contributed by atoms with Crippen LogP contribution < -0.4 is 10.3 Å². The summed E-state index contributed by atoms with van der Waals surface area (Å²) in [5.74, 6) is -0.170. The minimum absolute atomic E-state index is 0.170. The summed E-state index contributed by atoms with van der Waals surface area (Å²) >= 11 is 1.55. The van der Waals surface area contributed by atoms with Crippen LogP contribution in [0.4, 0.5) is 5.69 Å². The number of hydrogen-bond acceptors (Lipinski definition) is 5. The zero-order valence-corrected chi connectivity index (χ0v) is 15.3. The van der Waals surface area contributed by atoms with Gasteiger partial charge >= 0.3 is 0 Å². The van der Waals surface area contributed by atoms with Crippen molar-refractivity contribution in [2.75, 3.05) is 18.0 Å². The molecule has 0 saturated carbocycles. The molecule has 26 heavy (non-hydrogen) atoms. The van der Waals surface area contributed by atoms with Crippen LogP contribution in [0.1, 0.15) is 30.5 Å². The average Bonchev–Trinajstić information content (AvgIpc) is 3.24. The number of imidazole rings is 1. The molecule has 1 aliphatic rings. The maximum Gasteiger partial charge on any atom is 0.246 e. The molecular formula is C19H21N5OS. The van der Waals surface area contributed by atoms with E-state index >= 15 is 0 Å². The fraction of sp³-hybridized carbons (Fsp3) is 0.316. The molecule has 7 heteroatoms. The summed E-state index contributed by atoms with van der Waals surface area (Å²) in [6.45, 7) is 2.27. The average molecular weight is 367 g/mol. The summed E-state index contributed by atoms with van der Waals surface area (Å²) in [4.78, 5) is 19.7. The molecular weight excluding hydrogens is 346 g/mol. The van der Waals surface area contributed by atoms with E-state index in [9.17, 15) is 4.79 Å². The number of aromatic nitrogens is 2. The summed E-state index contributed by atoms with van der Waals surface area (Å²) in [7, 11) is 0. The summed E-state index contributed by atoms with van der Waals surface area (Å²) in [5.41, 5.74) is 5.54. The fourth-order valence-electron chi connectivity index (χ4n) is 3.17. The van der Waals surface area contributed by atoms with Gasteiger partial charge in [-0.3, -0.25) is 9.20 Å². The van der Waals surface area contributed by atoms with Gasteiger partial charge in [-0.15, -0.1) is 11.3 Å². The molecule has 0 bridgehead atoms. The van der Waals surface area contributed by atoms with Gasteiger partial charge in [0.05, 0.1) is 18.3 Å². The van der Waals surface area contributed by atoms with Crippen molar-refractivity contribution in [1.29, 1.82) is 0 Å². The molecule has 1 aromatic carbocycles. The number of thiazole rings is 1. The van der Waals surface area contributed by atoms with Gasteiger partial charge in [-0.25, -0.2) is 10.4 Å². The van der Waals surface area contributed by atoms with Crippen LogP contribution in [0.3, 0.4) is 0 Å². The number of rotatable bonds is 5. The molecule has 1 amide bonds. The van der Waals surface area contributed by atoms with E-state index in [0.717, 1.165) is 29.3 Å². The number of nitrogens with one attached hydrogen (secondary N) is 1. The molecule has 0 unspecified atom stereocenters. The second-order valence-corrected chi connectivity index (χ2v) is 7.31. The Labute approximate surface area is 156 Å². The minimum Gasteiger partial charge on any atom is -0.372 e. The molecule has 1 N–H and O–H groups in total. The Morgan fingerprint density at radius 3 is 2.81 bits per heavy atom. The van der Waals surface area contributed by atoms with E-state index in [0.29, 0.717) is 0 Å². The number of amides is 1. The molecule has 134 valence electrons. The van der Waals surface area contributed by atoms with Crippen LogP contribution in [-0.4, -0.2) is 34.6 Å². The molecule has 0 aliphatic carbocycles. The first-order valence-corrected chi connectivity index (χ1v) is 9.74. The van der Waals surface area contributed by atoms with E-state index < -0.39 is 0 Å². The number of anilines is 1. The predicted molar refractivity (Wildman–Crippen MR) is 105 cm³/mol. The SMILES string of the molecule is O=C(Cc1cn2ccsc2n1)N/N=C/c1ccc(N2CCCCC2)cc1. The molecule has 3 aromatic rings. The topological polar surface area (TPSA) is 62.0 Å². The summed E-state index contributed by atoms with van der Waals surface area (Å²) in [5, 5.41) is 6.02. The van der Waals surface area contributed by atoms with Gasteiger partial charge in [-0.1, -0.05) is 12.1 Å². The highest BCUT2D eigenvalue weighted by molar-refractivity contribution is 7.15. The van der Waals surface area contributed by atoms with Crippen molar-refractivity contribution in [1.82, 2.24) is 14.8 Å². The summed E-state index contributed by atoms with van der Waals surface area (Å²) in [6, 6.07) is 8.30. The first kappa shape index (κ1) is 16.8. The largest absolute Gasteiger partial charge is 0.372 e. The molecule has 6 nitrogen and oxygen atoms in total. The molecule has 2 aromatic heterocycles. The van der Waals surface area contributed by atoms with Gasteiger partial charge in [0.15, 0.2) is 4.96 Å². The maximum atomic E-state index is 12.0. The zero-order valence-electron chi connectivity index (χ0n) is 14.5. The van der Waals surface area contributed by atoms with Crippen LogP contribution in [-0.2, 0) is 11.2 Å². The van der Waals surface area contributed by atoms with Crippen LogP contribution in [0, 0.1) is 0 Å². The van der Waals surface area contributed by atoms with Gasteiger partial charge in [0.25, 0.3) is 0 Å². The van der Waals surface area contributed by atoms with Gasteiger partial charge in [-0.2, -0.15) is 5.10 Å². The quantitative estimate of drug-likeness (QED) is 0.557. The van der Waals surface area contributed by atoms with Crippen LogP contribution >= 0.6 is 11.3 Å². The summed E-state index contributed by atoms with van der Waals surface area (Å²) < 4.78 is 1.92. The Balaban J connectivity index is 1.29. The van der Waals surface area contributed by atoms with Crippen molar-refractivity contribution < 1.29 is 4.79 Å². The van der Waals surface area contributed by atoms with E-state index in [2.05, 4.69) is 32.5 Å². The van der Waals surface area contributed by atoms with Crippen molar-refractivity contribution in [2.45, 2.75) is 25.7 Å². The lowest BCUT2D eigenvalue weighted by Gasteiger charge is -2.28. The lowest BCUT2D eigenvalue weighted by atomic mass is 10.1. The normalized spacial score (nSPS) is 15.0. The second kappa shape index (κ2) is 7.70. The molecule has 1 saturated heterocycles. The van der Waals surface area contributed by atoms with E-state index in [-0.39, 0.29) is 12.3 Å². The van der Waals surface area contributed by atoms with Gasteiger partial charge in [0.1, 0.15) is 0 Å². The number of nitrogens with zero attached hydrogens (tertiary/aromatic N) is 4. The number of benzene rings is 1. The maximum absolute atomic E-state index is 12.0. The summed E-state index contributed by atoms with van der Waals surface area (Å²) in [6.07, 6.45) is 9.56. The van der Waals surface area contributed by atoms with E-state index in [1.165, 1.54) is 24.9 Å². The number of hydrogen-bond donors (Lipinski definition) is 1. The third kappa shape index (κ3) is 3.94. The monoisotopic (exact) mass is 367 g/mol. The molecule has 0 radical (unpaired) electrons. The number of fused-ring (bicyclic) bond motifs is 1. The van der Waals surface area contributed by atoms with Crippen molar-refractivity contribution in [2.24, 2.45) is 5.10 Å². The van der Waals surface area contributed by atoms with Gasteiger partial charge in [-0.05, 0) is 37.0 Å². The lowest BCUT2D eigenvalue weighted by molar-refractivity contribution is -0.120. The van der Waals surface area contributed by atoms with E-state index in [1.807, 2.05) is 34.3 Å². The fourth-order valence-corrected chi connectivity index (χ4v) is 3.89. The van der Waals surface area contributed by atoms with Crippen molar-refractivity contribution >= 4 is 34.1 Å². The Hall–Kier alpha value is -2.67. The third-order valence-electron chi connectivity index (χ3n) is 4.50. The molecule has 0 atom stereocenters. The van der Waals surface area contributed by atoms with E-state index in [1.54, 1.807) is 17.6 Å². The standard InChI is InChI=1S/C19H21N5OS/c25-18(12-16-14-24-10-11-26-19(24)21-16)22-20-13-15-4-6-17(7-5-15)23-8-2-1-3-9-23/h4-7,10-11,13-14H,1-3,8-9,12H2,(H,22,25)/b20-13+. The van der Waals surface area contributed by atoms with Crippen molar-refractivity contribution in [3.8, 4) is 0 Å². The van der Waals surface area contributed by atoms with Crippen LogP contribution in [0.15, 0.2) is 47.1 Å². The highest BCUT2D eigenvalue weighted by atomic mass is 32.1. The number of hydrazone groups is 1. The number of carbonyl (C=O) groups excluding carboxylic acids is 1. The number of piperidine rings is 1. The first-order chi connectivity index (χ1) is 12.8. The van der Waals surface area contributed by atoms with Crippen molar-refractivity contribution in [3.05, 3.63) is 53.3 Å². The Kier molecular flexibility index (Phi) is 4.97. The smallest absolute Gasteiger partial charge is 0.246 e. The zero-order chi connectivity index (χ0) is 17.8. The van der Waals surface area contributed by atoms with Gasteiger partial charge in [0, 0.05) is 36.6 Å². The van der Waals surface area contributed by atoms with Crippen LogP contribution in [0.5, 0.6) is 0 Å². The van der Waals surface area contributed by atoms with Gasteiger partial charge < -0.3 is 4.90 Å². The first-order valence-electron chi connectivity index (χ1n) is 8.86.